The van der Waals surface area contributed by atoms with E-state index in [9.17, 15) is 4.79 Å². The molecule has 1 amide bonds. The standard InChI is InChI=1S/C25H34N4O3.HI/c1-26-25(28-15-12-19-10-11-22(31-2)23(17-19)32-3)27-14-6-9-24(30)29-16-13-20-7-4-5-8-21(20)18-29;/h4-5,7-8,10-11,17H,6,9,12-16,18H2,1-3H3,(H2,26,27,28);1H. The van der Waals surface area contributed by atoms with Crippen molar-refractivity contribution in [2.45, 2.75) is 32.2 Å². The molecule has 0 saturated heterocycles. The van der Waals surface area contributed by atoms with Gasteiger partial charge in [-0.1, -0.05) is 30.3 Å². The molecule has 1 aliphatic rings. The van der Waals surface area contributed by atoms with E-state index in [1.54, 1.807) is 21.3 Å². The molecule has 0 saturated carbocycles. The Morgan fingerprint density at radius 2 is 1.76 bits per heavy atom. The second-order valence-corrected chi connectivity index (χ2v) is 7.80. The predicted octanol–water partition coefficient (Wildman–Crippen LogP) is 3.39. The van der Waals surface area contributed by atoms with Crippen LogP contribution in [0.4, 0.5) is 0 Å². The Morgan fingerprint density at radius 1 is 1.03 bits per heavy atom. The van der Waals surface area contributed by atoms with Gasteiger partial charge in [-0.25, -0.2) is 0 Å². The molecule has 0 aliphatic carbocycles. The third kappa shape index (κ3) is 7.80. The van der Waals surface area contributed by atoms with Crippen molar-refractivity contribution < 1.29 is 14.3 Å². The Labute approximate surface area is 214 Å². The lowest BCUT2D eigenvalue weighted by atomic mass is 9.99. The van der Waals surface area contributed by atoms with Crippen molar-refractivity contribution in [3.63, 3.8) is 0 Å². The first-order valence-electron chi connectivity index (χ1n) is 11.1. The number of amides is 1. The summed E-state index contributed by atoms with van der Waals surface area (Å²) in [6.45, 7) is 2.97. The number of aliphatic imine (C=N–C) groups is 1. The van der Waals surface area contributed by atoms with Crippen LogP contribution in [0, 0.1) is 0 Å². The van der Waals surface area contributed by atoms with E-state index >= 15 is 0 Å². The Bertz CT molecular complexity index is 936. The lowest BCUT2D eigenvalue weighted by molar-refractivity contribution is -0.132. The summed E-state index contributed by atoms with van der Waals surface area (Å²) in [5, 5.41) is 6.61. The maximum Gasteiger partial charge on any atom is 0.222 e. The number of rotatable bonds is 9. The number of hydrogen-bond acceptors (Lipinski definition) is 4. The van der Waals surface area contributed by atoms with Crippen LogP contribution in [0.25, 0.3) is 0 Å². The molecule has 0 aromatic heterocycles. The number of halogens is 1. The molecule has 7 nitrogen and oxygen atoms in total. The minimum Gasteiger partial charge on any atom is -0.493 e. The van der Waals surface area contributed by atoms with Crippen molar-refractivity contribution >= 4 is 35.8 Å². The number of guanidine groups is 1. The Kier molecular flexibility index (Phi) is 11.3. The molecular formula is C25H35IN4O3. The third-order valence-corrected chi connectivity index (χ3v) is 5.72. The van der Waals surface area contributed by atoms with E-state index < -0.39 is 0 Å². The topological polar surface area (TPSA) is 75.2 Å². The average molecular weight is 566 g/mol. The molecule has 1 aliphatic heterocycles. The maximum absolute atomic E-state index is 12.6. The Balaban J connectivity index is 0.00000385. The van der Waals surface area contributed by atoms with Crippen molar-refractivity contribution in [1.29, 1.82) is 0 Å². The number of hydrogen-bond donors (Lipinski definition) is 2. The van der Waals surface area contributed by atoms with E-state index in [4.69, 9.17) is 9.47 Å². The normalized spacial score (nSPS) is 12.9. The van der Waals surface area contributed by atoms with Crippen LogP contribution in [0.5, 0.6) is 11.5 Å². The highest BCUT2D eigenvalue weighted by Crippen LogP contribution is 2.27. The minimum atomic E-state index is 0. The molecule has 1 heterocycles. The van der Waals surface area contributed by atoms with Gasteiger partial charge in [-0.2, -0.15) is 0 Å². The second-order valence-electron chi connectivity index (χ2n) is 7.80. The van der Waals surface area contributed by atoms with E-state index in [0.29, 0.717) is 13.0 Å². The summed E-state index contributed by atoms with van der Waals surface area (Å²) in [5.74, 6) is 2.42. The lowest BCUT2D eigenvalue weighted by Crippen LogP contribution is -2.39. The fraction of sp³-hybridized carbons (Fsp3) is 0.440. The van der Waals surface area contributed by atoms with E-state index in [1.807, 2.05) is 29.2 Å². The first kappa shape index (κ1) is 26.8. The van der Waals surface area contributed by atoms with Crippen LogP contribution < -0.4 is 20.1 Å². The van der Waals surface area contributed by atoms with Crippen molar-refractivity contribution in [3.8, 4) is 11.5 Å². The van der Waals surface area contributed by atoms with Crippen molar-refractivity contribution in [2.75, 3.05) is 40.9 Å². The van der Waals surface area contributed by atoms with Gasteiger partial charge in [-0.05, 0) is 48.1 Å². The van der Waals surface area contributed by atoms with E-state index in [2.05, 4.69) is 33.8 Å². The highest BCUT2D eigenvalue weighted by atomic mass is 127. The van der Waals surface area contributed by atoms with Crippen LogP contribution >= 0.6 is 24.0 Å². The van der Waals surface area contributed by atoms with Crippen LogP contribution in [0.15, 0.2) is 47.5 Å². The summed E-state index contributed by atoms with van der Waals surface area (Å²) in [4.78, 5) is 18.8. The van der Waals surface area contributed by atoms with Crippen LogP contribution in [0.2, 0.25) is 0 Å². The molecule has 0 fully saturated rings. The highest BCUT2D eigenvalue weighted by molar-refractivity contribution is 14.0. The SMILES string of the molecule is CN=C(NCCCC(=O)N1CCc2ccccc2C1)NCCc1ccc(OC)c(OC)c1.I. The molecular weight excluding hydrogens is 531 g/mol. The molecule has 0 atom stereocenters. The molecule has 2 N–H and O–H groups in total. The predicted molar refractivity (Wildman–Crippen MR) is 143 cm³/mol. The van der Waals surface area contributed by atoms with Crippen LogP contribution in [-0.4, -0.2) is 57.7 Å². The van der Waals surface area contributed by atoms with E-state index in [0.717, 1.165) is 61.9 Å². The largest absolute Gasteiger partial charge is 0.493 e. The van der Waals surface area contributed by atoms with Crippen LogP contribution in [0.1, 0.15) is 29.5 Å². The summed E-state index contributed by atoms with van der Waals surface area (Å²) >= 11 is 0. The average Bonchev–Trinajstić information content (AvgIpc) is 2.84. The molecule has 3 rings (SSSR count). The van der Waals surface area contributed by atoms with Crippen molar-refractivity contribution in [3.05, 3.63) is 59.2 Å². The minimum absolute atomic E-state index is 0. The summed E-state index contributed by atoms with van der Waals surface area (Å²) in [7, 11) is 5.02. The number of nitrogens with one attached hydrogen (secondary N) is 2. The lowest BCUT2D eigenvalue weighted by Gasteiger charge is -2.29. The zero-order chi connectivity index (χ0) is 22.8. The monoisotopic (exact) mass is 566 g/mol. The fourth-order valence-electron chi connectivity index (χ4n) is 3.90. The molecule has 180 valence electrons. The summed E-state index contributed by atoms with van der Waals surface area (Å²) in [6.07, 6.45) is 3.08. The smallest absolute Gasteiger partial charge is 0.222 e. The number of nitrogens with zero attached hydrogens (tertiary/aromatic N) is 2. The fourth-order valence-corrected chi connectivity index (χ4v) is 3.90. The number of ether oxygens (including phenoxy) is 2. The summed E-state index contributed by atoms with van der Waals surface area (Å²) < 4.78 is 10.6. The van der Waals surface area contributed by atoms with Crippen molar-refractivity contribution in [1.82, 2.24) is 15.5 Å². The quantitative estimate of drug-likeness (QED) is 0.211. The van der Waals surface area contributed by atoms with Gasteiger partial charge in [0.15, 0.2) is 17.5 Å². The van der Waals surface area contributed by atoms with Crippen LogP contribution in [-0.2, 0) is 24.2 Å². The third-order valence-electron chi connectivity index (χ3n) is 5.72. The first-order chi connectivity index (χ1) is 15.6. The van der Waals surface area contributed by atoms with Gasteiger partial charge < -0.3 is 25.0 Å². The van der Waals surface area contributed by atoms with Gasteiger partial charge in [0.05, 0.1) is 14.2 Å². The summed E-state index contributed by atoms with van der Waals surface area (Å²) in [6, 6.07) is 14.3. The van der Waals surface area contributed by atoms with E-state index in [-0.39, 0.29) is 29.9 Å². The summed E-state index contributed by atoms with van der Waals surface area (Å²) in [5.41, 5.74) is 3.78. The Hall–Kier alpha value is -2.49. The van der Waals surface area contributed by atoms with E-state index in [1.165, 1.54) is 11.1 Å². The van der Waals surface area contributed by atoms with Crippen LogP contribution in [0.3, 0.4) is 0 Å². The maximum atomic E-state index is 12.6. The van der Waals surface area contributed by atoms with Gasteiger partial charge in [0, 0.05) is 39.6 Å². The first-order valence-corrected chi connectivity index (χ1v) is 11.1. The van der Waals surface area contributed by atoms with Crippen molar-refractivity contribution in [2.24, 2.45) is 4.99 Å². The number of methoxy groups -OCH3 is 2. The van der Waals surface area contributed by atoms with Gasteiger partial charge in [0.1, 0.15) is 0 Å². The van der Waals surface area contributed by atoms with Gasteiger partial charge >= 0.3 is 0 Å². The molecule has 2 aromatic carbocycles. The Morgan fingerprint density at radius 3 is 2.48 bits per heavy atom. The molecule has 2 aromatic rings. The highest BCUT2D eigenvalue weighted by Gasteiger charge is 2.19. The molecule has 0 bridgehead atoms. The molecule has 0 spiro atoms. The van der Waals surface area contributed by atoms with Gasteiger partial charge in [0.25, 0.3) is 0 Å². The zero-order valence-corrected chi connectivity index (χ0v) is 22.1. The number of fused-ring (bicyclic) bond motifs is 1. The molecule has 33 heavy (non-hydrogen) atoms. The molecule has 8 heteroatoms. The zero-order valence-electron chi connectivity index (χ0n) is 19.7. The molecule has 0 radical (unpaired) electrons. The second kappa shape index (κ2) is 13.9. The molecule has 0 unspecified atom stereocenters. The number of carbonyl (C=O) groups excluding carboxylic acids is 1. The number of benzene rings is 2. The van der Waals surface area contributed by atoms with Gasteiger partial charge in [0.2, 0.25) is 5.91 Å². The van der Waals surface area contributed by atoms with Gasteiger partial charge in [-0.3, -0.25) is 9.79 Å². The van der Waals surface area contributed by atoms with Gasteiger partial charge in [-0.15, -0.1) is 24.0 Å². The number of carbonyl (C=O) groups is 1.